The number of amides is 1. The van der Waals surface area contributed by atoms with Crippen molar-refractivity contribution in [3.8, 4) is 5.88 Å². The fraction of sp³-hybridized carbons (Fsp3) is 0.143. The van der Waals surface area contributed by atoms with E-state index in [2.05, 4.69) is 15.3 Å². The number of rotatable bonds is 5. The molecular weight excluding hydrogens is 274 g/mol. The van der Waals surface area contributed by atoms with E-state index in [1.165, 1.54) is 25.7 Å². The Kier molecular flexibility index (Phi) is 4.45. The van der Waals surface area contributed by atoms with Crippen LogP contribution in [0.5, 0.6) is 5.88 Å². The van der Waals surface area contributed by atoms with Crippen LogP contribution in [0.3, 0.4) is 0 Å². The molecule has 21 heavy (non-hydrogen) atoms. The molecule has 1 amide bonds. The Hall–Kier alpha value is -2.96. The maximum atomic E-state index is 12.4. The molecule has 7 heteroatoms. The lowest BCUT2D eigenvalue weighted by Gasteiger charge is -2.16. The molecule has 1 unspecified atom stereocenters. The van der Waals surface area contributed by atoms with E-state index in [1.54, 1.807) is 24.3 Å². The van der Waals surface area contributed by atoms with E-state index >= 15 is 0 Å². The number of carboxylic acid groups (broad SMARTS) is 1. The topological polar surface area (TPSA) is 101 Å². The fourth-order valence-corrected chi connectivity index (χ4v) is 1.78. The number of carbonyl (C=O) groups excluding carboxylic acids is 1. The molecular formula is C14H13N3O4. The summed E-state index contributed by atoms with van der Waals surface area (Å²) in [5, 5.41) is 11.1. The highest BCUT2D eigenvalue weighted by atomic mass is 16.5. The number of pyridine rings is 2. The minimum atomic E-state index is -1.30. The van der Waals surface area contributed by atoms with Gasteiger partial charge in [0.1, 0.15) is 6.04 Å². The monoisotopic (exact) mass is 287 g/mol. The van der Waals surface area contributed by atoms with Crippen LogP contribution in [0.15, 0.2) is 42.9 Å². The van der Waals surface area contributed by atoms with E-state index < -0.39 is 17.9 Å². The van der Waals surface area contributed by atoms with Crippen LogP contribution >= 0.6 is 0 Å². The highest BCUT2D eigenvalue weighted by molar-refractivity contribution is 6.01. The van der Waals surface area contributed by atoms with E-state index in [1.807, 2.05) is 0 Å². The summed E-state index contributed by atoms with van der Waals surface area (Å²) in [5.41, 5.74) is 0.735. The molecule has 2 aromatic rings. The number of Topliss-reactive ketones (excluding diaryl/α,β-unsaturated/α-hetero) is 1. The van der Waals surface area contributed by atoms with Crippen LogP contribution in [0.2, 0.25) is 0 Å². The van der Waals surface area contributed by atoms with Crippen LogP contribution in [-0.2, 0) is 0 Å². The Balaban J connectivity index is 2.33. The molecule has 2 rings (SSSR count). The quantitative estimate of drug-likeness (QED) is 0.811. The van der Waals surface area contributed by atoms with Crippen LogP contribution in [0, 0.1) is 0 Å². The Morgan fingerprint density at radius 2 is 2.10 bits per heavy atom. The summed E-state index contributed by atoms with van der Waals surface area (Å²) in [7, 11) is 1.47. The van der Waals surface area contributed by atoms with Gasteiger partial charge in [-0.05, 0) is 18.2 Å². The van der Waals surface area contributed by atoms with Crippen LogP contribution in [0.25, 0.3) is 0 Å². The average molecular weight is 287 g/mol. The third-order valence-corrected chi connectivity index (χ3v) is 2.78. The molecule has 0 saturated carbocycles. The molecule has 0 spiro atoms. The predicted molar refractivity (Wildman–Crippen MR) is 73.3 cm³/mol. The fourth-order valence-electron chi connectivity index (χ4n) is 1.78. The molecule has 2 heterocycles. The number of ketones is 1. The maximum absolute atomic E-state index is 12.4. The Morgan fingerprint density at radius 3 is 2.62 bits per heavy atom. The van der Waals surface area contributed by atoms with Gasteiger partial charge in [0, 0.05) is 35.8 Å². The Labute approximate surface area is 120 Å². The molecule has 0 fully saturated rings. The van der Waals surface area contributed by atoms with Crippen molar-refractivity contribution in [1.29, 1.82) is 0 Å². The summed E-state index contributed by atoms with van der Waals surface area (Å²) in [4.78, 5) is 31.2. The summed E-state index contributed by atoms with van der Waals surface area (Å²) >= 11 is 0. The number of carbonyl (C=O) groups is 2. The van der Waals surface area contributed by atoms with Gasteiger partial charge in [-0.25, -0.2) is 9.78 Å². The van der Waals surface area contributed by atoms with Crippen LogP contribution in [-0.4, -0.2) is 34.1 Å². The molecule has 0 aliphatic rings. The maximum Gasteiger partial charge on any atom is 0.405 e. The summed E-state index contributed by atoms with van der Waals surface area (Å²) in [6.07, 6.45) is 3.02. The van der Waals surface area contributed by atoms with Gasteiger partial charge in [-0.1, -0.05) is 0 Å². The number of ether oxygens (including phenoxy) is 1. The smallest absolute Gasteiger partial charge is 0.405 e. The Morgan fingerprint density at radius 1 is 1.29 bits per heavy atom. The van der Waals surface area contributed by atoms with Gasteiger partial charge in [-0.2, -0.15) is 0 Å². The van der Waals surface area contributed by atoms with Gasteiger partial charge in [0.15, 0.2) is 5.78 Å². The van der Waals surface area contributed by atoms with Crippen LogP contribution in [0.4, 0.5) is 4.79 Å². The number of aromatic nitrogens is 2. The first kappa shape index (κ1) is 14.4. The van der Waals surface area contributed by atoms with Gasteiger partial charge >= 0.3 is 6.09 Å². The lowest BCUT2D eigenvalue weighted by Crippen LogP contribution is -2.32. The molecule has 7 nitrogen and oxygen atoms in total. The standard InChI is InChI=1S/C14H13N3O4/c1-21-11-5-4-9(8-16-11)12(17-14(19)20)13(18)10-3-2-6-15-7-10/h2-8,12,17H,1H3,(H,19,20). The molecule has 0 radical (unpaired) electrons. The lowest BCUT2D eigenvalue weighted by atomic mass is 10.00. The van der Waals surface area contributed by atoms with Crippen molar-refractivity contribution in [2.45, 2.75) is 6.04 Å². The number of nitrogens with one attached hydrogen (secondary N) is 1. The number of nitrogens with zero attached hydrogens (tertiary/aromatic N) is 2. The van der Waals surface area contributed by atoms with Gasteiger partial charge < -0.3 is 15.2 Å². The molecule has 2 aromatic heterocycles. The third kappa shape index (κ3) is 3.53. The zero-order valence-corrected chi connectivity index (χ0v) is 11.2. The second kappa shape index (κ2) is 6.47. The number of methoxy groups -OCH3 is 1. The molecule has 2 N–H and O–H groups in total. The second-order valence-corrected chi connectivity index (χ2v) is 4.12. The minimum absolute atomic E-state index is 0.312. The zero-order valence-electron chi connectivity index (χ0n) is 11.2. The van der Waals surface area contributed by atoms with Gasteiger partial charge in [-0.3, -0.25) is 9.78 Å². The first-order valence-electron chi connectivity index (χ1n) is 6.05. The summed E-state index contributed by atoms with van der Waals surface area (Å²) in [6, 6.07) is 5.27. The van der Waals surface area contributed by atoms with Crippen molar-refractivity contribution < 1.29 is 19.4 Å². The van der Waals surface area contributed by atoms with Gasteiger partial charge in [0.25, 0.3) is 0 Å². The summed E-state index contributed by atoms with van der Waals surface area (Å²) in [5.74, 6) is -0.0286. The molecule has 0 aliphatic heterocycles. The largest absolute Gasteiger partial charge is 0.481 e. The number of hydrogen-bond acceptors (Lipinski definition) is 5. The van der Waals surface area contributed by atoms with Gasteiger partial charge in [0.05, 0.1) is 7.11 Å². The molecule has 0 aromatic carbocycles. The Bertz CT molecular complexity index is 628. The number of hydrogen-bond donors (Lipinski definition) is 2. The van der Waals surface area contributed by atoms with Crippen molar-refractivity contribution in [1.82, 2.24) is 15.3 Å². The van der Waals surface area contributed by atoms with E-state index in [-0.39, 0.29) is 0 Å². The minimum Gasteiger partial charge on any atom is -0.481 e. The van der Waals surface area contributed by atoms with E-state index in [0.29, 0.717) is 17.0 Å². The third-order valence-electron chi connectivity index (χ3n) is 2.78. The lowest BCUT2D eigenvalue weighted by molar-refractivity contribution is 0.0936. The van der Waals surface area contributed by atoms with Gasteiger partial charge in [0.2, 0.25) is 5.88 Å². The zero-order chi connectivity index (χ0) is 15.2. The summed E-state index contributed by atoms with van der Waals surface area (Å²) in [6.45, 7) is 0. The van der Waals surface area contributed by atoms with E-state index in [4.69, 9.17) is 9.84 Å². The molecule has 0 saturated heterocycles. The van der Waals surface area contributed by atoms with Crippen molar-refractivity contribution >= 4 is 11.9 Å². The molecule has 0 bridgehead atoms. The molecule has 108 valence electrons. The van der Waals surface area contributed by atoms with Gasteiger partial charge in [-0.15, -0.1) is 0 Å². The normalized spacial score (nSPS) is 11.5. The average Bonchev–Trinajstić information content (AvgIpc) is 2.53. The summed E-state index contributed by atoms with van der Waals surface area (Å²) < 4.78 is 4.93. The second-order valence-electron chi connectivity index (χ2n) is 4.12. The predicted octanol–water partition coefficient (Wildman–Crippen LogP) is 1.68. The van der Waals surface area contributed by atoms with Crippen LogP contribution < -0.4 is 10.1 Å². The highest BCUT2D eigenvalue weighted by Gasteiger charge is 2.24. The van der Waals surface area contributed by atoms with E-state index in [0.717, 1.165) is 0 Å². The molecule has 1 atom stereocenters. The molecule has 0 aliphatic carbocycles. The first-order valence-corrected chi connectivity index (χ1v) is 6.05. The highest BCUT2D eigenvalue weighted by Crippen LogP contribution is 2.19. The van der Waals surface area contributed by atoms with Crippen molar-refractivity contribution in [2.75, 3.05) is 7.11 Å². The van der Waals surface area contributed by atoms with Crippen molar-refractivity contribution in [3.63, 3.8) is 0 Å². The SMILES string of the molecule is COc1ccc(C(NC(=O)O)C(=O)c2cccnc2)cn1. The van der Waals surface area contributed by atoms with Crippen molar-refractivity contribution in [3.05, 3.63) is 54.0 Å². The van der Waals surface area contributed by atoms with Crippen molar-refractivity contribution in [2.24, 2.45) is 0 Å². The van der Waals surface area contributed by atoms with Crippen LogP contribution in [0.1, 0.15) is 22.0 Å². The van der Waals surface area contributed by atoms with E-state index in [9.17, 15) is 9.59 Å². The first-order chi connectivity index (χ1) is 10.1.